The van der Waals surface area contributed by atoms with Crippen LogP contribution in [-0.4, -0.2) is 49.2 Å². The van der Waals surface area contributed by atoms with Crippen LogP contribution in [0.2, 0.25) is 0 Å². The molecule has 1 atom stereocenters. The molecule has 1 aliphatic heterocycles. The van der Waals surface area contributed by atoms with Crippen molar-refractivity contribution < 1.29 is 19.1 Å². The van der Waals surface area contributed by atoms with E-state index in [0.717, 1.165) is 24.3 Å². The van der Waals surface area contributed by atoms with Crippen molar-refractivity contribution in [2.24, 2.45) is 0 Å². The van der Waals surface area contributed by atoms with Crippen molar-refractivity contribution in [1.82, 2.24) is 4.90 Å². The molecule has 0 N–H and O–H groups in total. The lowest BCUT2D eigenvalue weighted by Gasteiger charge is -2.23. The molecule has 0 radical (unpaired) electrons. The number of hydrogen-bond acceptors (Lipinski definition) is 5. The Labute approximate surface area is 134 Å². The van der Waals surface area contributed by atoms with E-state index in [1.165, 1.54) is 11.0 Å². The molecule has 1 aromatic rings. The Hall–Kier alpha value is -1.66. The molecule has 6 heteroatoms. The summed E-state index contributed by atoms with van der Waals surface area (Å²) in [6, 6.07) is 3.86. The van der Waals surface area contributed by atoms with Gasteiger partial charge in [0.2, 0.25) is 5.91 Å². The summed E-state index contributed by atoms with van der Waals surface area (Å²) in [5.41, 5.74) is 0. The topological polar surface area (TPSA) is 55.8 Å². The van der Waals surface area contributed by atoms with Gasteiger partial charge in [0, 0.05) is 24.1 Å². The van der Waals surface area contributed by atoms with Crippen molar-refractivity contribution in [3.63, 3.8) is 0 Å². The molecule has 1 fully saturated rings. The normalized spacial score (nSPS) is 17.8. The van der Waals surface area contributed by atoms with E-state index in [1.807, 2.05) is 17.5 Å². The fourth-order valence-corrected chi connectivity index (χ4v) is 2.89. The first-order valence-corrected chi connectivity index (χ1v) is 8.34. The van der Waals surface area contributed by atoms with E-state index in [1.54, 1.807) is 24.3 Å². The van der Waals surface area contributed by atoms with E-state index < -0.39 is 5.97 Å². The second kappa shape index (κ2) is 8.70. The molecule has 1 aromatic heterocycles. The summed E-state index contributed by atoms with van der Waals surface area (Å²) < 4.78 is 10.5. The highest BCUT2D eigenvalue weighted by Gasteiger charge is 2.23. The van der Waals surface area contributed by atoms with E-state index in [2.05, 4.69) is 0 Å². The van der Waals surface area contributed by atoms with Crippen LogP contribution in [0.4, 0.5) is 0 Å². The van der Waals surface area contributed by atoms with Crippen LogP contribution in [0, 0.1) is 0 Å². The molecule has 0 aliphatic carbocycles. The average molecular weight is 323 g/mol. The smallest absolute Gasteiger partial charge is 0.325 e. The number of hydrogen-bond donors (Lipinski definition) is 0. The van der Waals surface area contributed by atoms with Crippen molar-refractivity contribution in [1.29, 1.82) is 0 Å². The Morgan fingerprint density at radius 1 is 1.55 bits per heavy atom. The minimum absolute atomic E-state index is 0.00788. The van der Waals surface area contributed by atoms with E-state index in [4.69, 9.17) is 9.47 Å². The fourth-order valence-electron chi connectivity index (χ4n) is 2.27. The summed E-state index contributed by atoms with van der Waals surface area (Å²) in [4.78, 5) is 26.5. The number of ether oxygens (including phenoxy) is 2. The van der Waals surface area contributed by atoms with Gasteiger partial charge in [-0.05, 0) is 37.3 Å². The van der Waals surface area contributed by atoms with Gasteiger partial charge < -0.3 is 14.4 Å². The van der Waals surface area contributed by atoms with Gasteiger partial charge in [-0.25, -0.2) is 0 Å². The minimum atomic E-state index is -0.390. The molecule has 0 saturated carbocycles. The second-order valence-electron chi connectivity index (χ2n) is 5.01. The molecule has 2 rings (SSSR count). The maximum Gasteiger partial charge on any atom is 0.325 e. The molecule has 1 amide bonds. The third-order valence-corrected chi connectivity index (χ3v) is 4.16. The number of carbonyl (C=O) groups excluding carboxylic acids is 2. The number of thiophene rings is 1. The zero-order valence-corrected chi connectivity index (χ0v) is 13.5. The van der Waals surface area contributed by atoms with Crippen molar-refractivity contribution in [3.05, 3.63) is 28.5 Å². The molecule has 0 aromatic carbocycles. The Morgan fingerprint density at radius 3 is 3.05 bits per heavy atom. The van der Waals surface area contributed by atoms with Crippen LogP contribution >= 0.6 is 11.3 Å². The highest BCUT2D eigenvalue weighted by molar-refractivity contribution is 7.10. The first kappa shape index (κ1) is 16.7. The Morgan fingerprint density at radius 2 is 2.41 bits per heavy atom. The predicted molar refractivity (Wildman–Crippen MR) is 85.5 cm³/mol. The summed E-state index contributed by atoms with van der Waals surface area (Å²) in [5.74, 6) is -0.588. The van der Waals surface area contributed by atoms with Gasteiger partial charge in [0.25, 0.3) is 0 Å². The van der Waals surface area contributed by atoms with Crippen LogP contribution in [0.3, 0.4) is 0 Å². The van der Waals surface area contributed by atoms with Crippen molar-refractivity contribution >= 4 is 29.3 Å². The molecule has 2 heterocycles. The number of rotatable bonds is 7. The van der Waals surface area contributed by atoms with Crippen LogP contribution < -0.4 is 0 Å². The van der Waals surface area contributed by atoms with Gasteiger partial charge in [-0.15, -0.1) is 11.3 Å². The lowest BCUT2D eigenvalue weighted by atomic mass is 10.2. The zero-order chi connectivity index (χ0) is 15.8. The van der Waals surface area contributed by atoms with Crippen molar-refractivity contribution in [3.8, 4) is 0 Å². The van der Waals surface area contributed by atoms with Gasteiger partial charge >= 0.3 is 5.97 Å². The summed E-state index contributed by atoms with van der Waals surface area (Å²) >= 11 is 1.56. The molecule has 0 bridgehead atoms. The Balaban J connectivity index is 1.97. The lowest BCUT2D eigenvalue weighted by molar-refractivity contribution is -0.148. The lowest BCUT2D eigenvalue weighted by Crippen LogP contribution is -2.40. The van der Waals surface area contributed by atoms with E-state index in [9.17, 15) is 9.59 Å². The third-order valence-electron chi connectivity index (χ3n) is 3.32. The van der Waals surface area contributed by atoms with Gasteiger partial charge in [-0.1, -0.05) is 6.07 Å². The molecule has 120 valence electrons. The maximum absolute atomic E-state index is 12.3. The maximum atomic E-state index is 12.3. The summed E-state index contributed by atoms with van der Waals surface area (Å²) in [6.45, 7) is 3.16. The molecule has 1 aliphatic rings. The van der Waals surface area contributed by atoms with Crippen LogP contribution in [0.25, 0.3) is 6.08 Å². The van der Waals surface area contributed by atoms with Crippen LogP contribution in [0.5, 0.6) is 0 Å². The van der Waals surface area contributed by atoms with Gasteiger partial charge in [-0.3, -0.25) is 9.59 Å². The highest BCUT2D eigenvalue weighted by atomic mass is 32.1. The molecule has 1 saturated heterocycles. The van der Waals surface area contributed by atoms with Crippen molar-refractivity contribution in [2.45, 2.75) is 25.9 Å². The second-order valence-corrected chi connectivity index (χ2v) is 5.99. The van der Waals surface area contributed by atoms with Crippen LogP contribution in [0.15, 0.2) is 23.6 Å². The molecular weight excluding hydrogens is 302 g/mol. The van der Waals surface area contributed by atoms with Gasteiger partial charge in [-0.2, -0.15) is 0 Å². The largest absolute Gasteiger partial charge is 0.465 e. The number of carbonyl (C=O) groups is 2. The van der Waals surface area contributed by atoms with E-state index in [-0.39, 0.29) is 18.6 Å². The number of amides is 1. The van der Waals surface area contributed by atoms with Gasteiger partial charge in [0.1, 0.15) is 6.54 Å². The quantitative estimate of drug-likeness (QED) is 0.571. The standard InChI is InChI=1S/C16H21NO4S/c1-2-20-16(19)12-17(11-13-5-3-9-21-13)15(18)8-7-14-6-4-10-22-14/h4,6-8,10,13H,2-3,5,9,11-12H2,1H3/b8-7+. The SMILES string of the molecule is CCOC(=O)CN(CC1CCCO1)C(=O)/C=C/c1cccs1. The molecule has 1 unspecified atom stereocenters. The van der Waals surface area contributed by atoms with Crippen molar-refractivity contribution in [2.75, 3.05) is 26.3 Å². The first-order chi connectivity index (χ1) is 10.7. The van der Waals surface area contributed by atoms with Gasteiger partial charge in [0.15, 0.2) is 0 Å². The average Bonchev–Trinajstić information content (AvgIpc) is 3.17. The minimum Gasteiger partial charge on any atom is -0.465 e. The Kier molecular flexibility index (Phi) is 6.61. The monoisotopic (exact) mass is 323 g/mol. The number of nitrogens with zero attached hydrogens (tertiary/aromatic N) is 1. The van der Waals surface area contributed by atoms with Gasteiger partial charge in [0.05, 0.1) is 12.7 Å². The molecule has 0 spiro atoms. The molecule has 22 heavy (non-hydrogen) atoms. The first-order valence-electron chi connectivity index (χ1n) is 7.46. The van der Waals surface area contributed by atoms with E-state index in [0.29, 0.717) is 13.2 Å². The molecule has 5 nitrogen and oxygen atoms in total. The zero-order valence-electron chi connectivity index (χ0n) is 12.7. The summed E-state index contributed by atoms with van der Waals surface area (Å²) in [7, 11) is 0. The Bertz CT molecular complexity index is 506. The highest BCUT2D eigenvalue weighted by Crippen LogP contribution is 2.15. The summed E-state index contributed by atoms with van der Waals surface area (Å²) in [5, 5.41) is 1.95. The predicted octanol–water partition coefficient (Wildman–Crippen LogP) is 2.33. The van der Waals surface area contributed by atoms with Crippen LogP contribution in [-0.2, 0) is 19.1 Å². The van der Waals surface area contributed by atoms with E-state index >= 15 is 0 Å². The fraction of sp³-hybridized carbons (Fsp3) is 0.500. The van der Waals surface area contributed by atoms with Crippen LogP contribution in [0.1, 0.15) is 24.6 Å². The molecular formula is C16H21NO4S. The third kappa shape index (κ3) is 5.27. The summed E-state index contributed by atoms with van der Waals surface area (Å²) in [6.07, 6.45) is 5.19. The number of esters is 1.